The maximum absolute atomic E-state index is 5.12. The predicted octanol–water partition coefficient (Wildman–Crippen LogP) is 2.32. The molecule has 0 saturated heterocycles. The Kier molecular flexibility index (Phi) is 2.68. The molecule has 4 heteroatoms. The zero-order chi connectivity index (χ0) is 9.10. The van der Waals surface area contributed by atoms with Crippen LogP contribution in [0.2, 0.25) is 0 Å². The molecule has 1 aliphatic heterocycles. The summed E-state index contributed by atoms with van der Waals surface area (Å²) in [7, 11) is 0. The Hall–Kier alpha value is -0.770. The maximum atomic E-state index is 5.12. The molecule has 1 aromatic rings. The Morgan fingerprint density at radius 3 is 3.15 bits per heavy atom. The second-order valence-corrected chi connectivity index (χ2v) is 3.83. The molecule has 0 radical (unpaired) electrons. The van der Waals surface area contributed by atoms with Crippen LogP contribution in [0, 0.1) is 0 Å². The van der Waals surface area contributed by atoms with Crippen LogP contribution in [0.5, 0.6) is 0 Å². The van der Waals surface area contributed by atoms with E-state index in [0.29, 0.717) is 0 Å². The van der Waals surface area contributed by atoms with Crippen molar-refractivity contribution in [3.63, 3.8) is 0 Å². The molecule has 3 nitrogen and oxygen atoms in total. The first-order valence-corrected chi connectivity index (χ1v) is 5.14. The van der Waals surface area contributed by atoms with E-state index in [1.807, 2.05) is 6.07 Å². The van der Waals surface area contributed by atoms with Crippen molar-refractivity contribution in [2.75, 3.05) is 6.54 Å². The molecule has 0 unspecified atom stereocenters. The Labute approximate surface area is 85.4 Å². The van der Waals surface area contributed by atoms with E-state index in [0.717, 1.165) is 35.6 Å². The first kappa shape index (κ1) is 8.81. The zero-order valence-electron chi connectivity index (χ0n) is 7.22. The van der Waals surface area contributed by atoms with Gasteiger partial charge in [0.15, 0.2) is 4.67 Å². The van der Waals surface area contributed by atoms with E-state index in [1.165, 1.54) is 6.42 Å². The summed E-state index contributed by atoms with van der Waals surface area (Å²) in [4.78, 5) is 4.32. The fraction of sp³-hybridized carbons (Fsp3) is 0.444. The van der Waals surface area contributed by atoms with E-state index in [9.17, 15) is 0 Å². The summed E-state index contributed by atoms with van der Waals surface area (Å²) >= 11 is 3.26. The van der Waals surface area contributed by atoms with E-state index in [-0.39, 0.29) is 0 Å². The number of amidine groups is 1. The number of hydrogen-bond acceptors (Lipinski definition) is 3. The van der Waals surface area contributed by atoms with Gasteiger partial charge < -0.3 is 9.73 Å². The van der Waals surface area contributed by atoms with Crippen LogP contribution in [0.3, 0.4) is 0 Å². The van der Waals surface area contributed by atoms with Gasteiger partial charge in [0.2, 0.25) is 0 Å². The number of aliphatic imine (C=N–C) groups is 1. The van der Waals surface area contributed by atoms with Gasteiger partial charge in [-0.25, -0.2) is 0 Å². The van der Waals surface area contributed by atoms with E-state index in [1.54, 1.807) is 6.26 Å². The molecule has 0 atom stereocenters. The molecule has 70 valence electrons. The summed E-state index contributed by atoms with van der Waals surface area (Å²) in [5.74, 6) is 1.12. The van der Waals surface area contributed by atoms with Crippen molar-refractivity contribution in [2.24, 2.45) is 4.99 Å². The molecule has 2 rings (SSSR count). The molecular weight excluding hydrogens is 232 g/mol. The predicted molar refractivity (Wildman–Crippen MR) is 54.8 cm³/mol. The van der Waals surface area contributed by atoms with Crippen LogP contribution in [-0.2, 0) is 6.54 Å². The van der Waals surface area contributed by atoms with Gasteiger partial charge in [-0.15, -0.1) is 0 Å². The van der Waals surface area contributed by atoms with Crippen LogP contribution in [0.25, 0.3) is 0 Å². The lowest BCUT2D eigenvalue weighted by Crippen LogP contribution is -2.20. The van der Waals surface area contributed by atoms with Crippen LogP contribution in [0.1, 0.15) is 18.4 Å². The van der Waals surface area contributed by atoms with Crippen molar-refractivity contribution >= 4 is 21.8 Å². The van der Waals surface area contributed by atoms with Crippen molar-refractivity contribution in [2.45, 2.75) is 19.4 Å². The second-order valence-electron chi connectivity index (χ2n) is 3.04. The van der Waals surface area contributed by atoms with E-state index >= 15 is 0 Å². The fourth-order valence-electron chi connectivity index (χ4n) is 1.33. The Bertz CT molecular complexity index is 319. The summed E-state index contributed by atoms with van der Waals surface area (Å²) in [5, 5.41) is 3.28. The minimum absolute atomic E-state index is 0.776. The van der Waals surface area contributed by atoms with Gasteiger partial charge in [-0.1, -0.05) is 0 Å². The number of halogens is 1. The molecule has 1 aromatic heterocycles. The SMILES string of the molecule is Brc1cc(CNC2=NCCC2)co1. The molecule has 0 fully saturated rings. The molecule has 0 saturated carbocycles. The number of furan rings is 1. The van der Waals surface area contributed by atoms with Crippen molar-refractivity contribution in [3.8, 4) is 0 Å². The van der Waals surface area contributed by atoms with E-state index < -0.39 is 0 Å². The highest BCUT2D eigenvalue weighted by Crippen LogP contribution is 2.13. The van der Waals surface area contributed by atoms with Gasteiger partial charge >= 0.3 is 0 Å². The van der Waals surface area contributed by atoms with Gasteiger partial charge in [0.1, 0.15) is 0 Å². The maximum Gasteiger partial charge on any atom is 0.169 e. The largest absolute Gasteiger partial charge is 0.457 e. The van der Waals surface area contributed by atoms with Crippen molar-refractivity contribution < 1.29 is 4.42 Å². The quantitative estimate of drug-likeness (QED) is 0.865. The highest BCUT2D eigenvalue weighted by atomic mass is 79.9. The Morgan fingerprint density at radius 1 is 1.62 bits per heavy atom. The third kappa shape index (κ3) is 2.34. The third-order valence-electron chi connectivity index (χ3n) is 1.99. The van der Waals surface area contributed by atoms with Gasteiger partial charge in [-0.05, 0) is 28.4 Å². The molecule has 2 heterocycles. The summed E-state index contributed by atoms with van der Waals surface area (Å²) < 4.78 is 5.89. The van der Waals surface area contributed by atoms with E-state index in [2.05, 4.69) is 26.2 Å². The average molecular weight is 243 g/mol. The van der Waals surface area contributed by atoms with Crippen LogP contribution in [-0.4, -0.2) is 12.4 Å². The third-order valence-corrected chi connectivity index (χ3v) is 2.41. The fourth-order valence-corrected chi connectivity index (χ4v) is 1.71. The lowest BCUT2D eigenvalue weighted by Gasteiger charge is -2.01. The normalized spacial score (nSPS) is 15.9. The highest BCUT2D eigenvalue weighted by Gasteiger charge is 2.05. The Morgan fingerprint density at radius 2 is 2.54 bits per heavy atom. The molecule has 0 spiro atoms. The zero-order valence-corrected chi connectivity index (χ0v) is 8.80. The van der Waals surface area contributed by atoms with E-state index in [4.69, 9.17) is 4.42 Å². The molecule has 0 aliphatic carbocycles. The molecule has 1 aliphatic rings. The van der Waals surface area contributed by atoms with Gasteiger partial charge in [0.25, 0.3) is 0 Å². The molecular formula is C9H11BrN2O. The minimum Gasteiger partial charge on any atom is -0.457 e. The van der Waals surface area contributed by atoms with Crippen LogP contribution in [0.15, 0.2) is 26.4 Å². The summed E-state index contributed by atoms with van der Waals surface area (Å²) in [5.41, 5.74) is 1.14. The van der Waals surface area contributed by atoms with Gasteiger partial charge in [0, 0.05) is 25.1 Å². The molecule has 0 bridgehead atoms. The topological polar surface area (TPSA) is 37.5 Å². The Balaban J connectivity index is 1.85. The summed E-state index contributed by atoms with van der Waals surface area (Å²) in [6, 6.07) is 1.96. The number of rotatable bonds is 2. The molecule has 13 heavy (non-hydrogen) atoms. The number of hydrogen-bond donors (Lipinski definition) is 1. The van der Waals surface area contributed by atoms with Gasteiger partial charge in [0.05, 0.1) is 12.1 Å². The summed E-state index contributed by atoms with van der Waals surface area (Å²) in [6.45, 7) is 1.77. The molecule has 0 amide bonds. The van der Waals surface area contributed by atoms with Crippen LogP contribution < -0.4 is 5.32 Å². The standard InChI is InChI=1S/C9H11BrN2O/c10-8-4-7(6-13-8)5-12-9-2-1-3-11-9/h4,6H,1-3,5H2,(H,11,12). The first-order chi connectivity index (χ1) is 6.34. The molecule has 1 N–H and O–H groups in total. The lowest BCUT2D eigenvalue weighted by molar-refractivity contribution is 0.538. The highest BCUT2D eigenvalue weighted by molar-refractivity contribution is 9.10. The van der Waals surface area contributed by atoms with Crippen molar-refractivity contribution in [1.82, 2.24) is 5.32 Å². The van der Waals surface area contributed by atoms with Crippen LogP contribution >= 0.6 is 15.9 Å². The molecule has 0 aromatic carbocycles. The minimum atomic E-state index is 0.776. The summed E-state index contributed by atoms with van der Waals surface area (Å²) in [6.07, 6.45) is 4.00. The first-order valence-electron chi connectivity index (χ1n) is 4.35. The van der Waals surface area contributed by atoms with Gasteiger partial charge in [-0.3, -0.25) is 4.99 Å². The average Bonchev–Trinajstić information content (AvgIpc) is 2.71. The lowest BCUT2D eigenvalue weighted by atomic mass is 10.3. The van der Waals surface area contributed by atoms with Crippen molar-refractivity contribution in [1.29, 1.82) is 0 Å². The number of nitrogens with one attached hydrogen (secondary N) is 1. The second kappa shape index (κ2) is 3.96. The number of nitrogens with zero attached hydrogens (tertiary/aromatic N) is 1. The van der Waals surface area contributed by atoms with Gasteiger partial charge in [-0.2, -0.15) is 0 Å². The van der Waals surface area contributed by atoms with Crippen LogP contribution in [0.4, 0.5) is 0 Å². The smallest absolute Gasteiger partial charge is 0.169 e. The monoisotopic (exact) mass is 242 g/mol. The van der Waals surface area contributed by atoms with Crippen molar-refractivity contribution in [3.05, 3.63) is 22.6 Å².